The quantitative estimate of drug-likeness (QED) is 0.598. The largest absolute Gasteiger partial charge is 0.507 e. The number of nitrogens with zero attached hydrogens (tertiary/aromatic N) is 1. The number of ether oxygens (including phenoxy) is 2. The highest BCUT2D eigenvalue weighted by Gasteiger charge is 2.66. The van der Waals surface area contributed by atoms with Gasteiger partial charge in [-0.15, -0.1) is 0 Å². The molecule has 164 valence electrons. The van der Waals surface area contributed by atoms with E-state index in [1.165, 1.54) is 6.07 Å². The number of alkyl halides is 4. The molecule has 0 bridgehead atoms. The predicted molar refractivity (Wildman–Crippen MR) is 102 cm³/mol. The molecule has 4 rings (SSSR count). The molecule has 1 atom stereocenters. The first kappa shape index (κ1) is 21.0. The van der Waals surface area contributed by atoms with Crippen molar-refractivity contribution in [2.75, 3.05) is 19.0 Å². The fourth-order valence-corrected chi connectivity index (χ4v) is 3.70. The molecule has 1 aromatic heterocycles. The van der Waals surface area contributed by atoms with Crippen molar-refractivity contribution in [2.45, 2.75) is 17.1 Å². The van der Waals surface area contributed by atoms with Crippen LogP contribution < -0.4 is 19.1 Å². The van der Waals surface area contributed by atoms with Crippen LogP contribution in [0.25, 0.3) is 11.0 Å². The number of hydrogen-bond donors (Lipinski definition) is 1. The van der Waals surface area contributed by atoms with Crippen molar-refractivity contribution in [3.05, 3.63) is 48.2 Å². The molecule has 7 nitrogen and oxygen atoms in total. The fourth-order valence-electron chi connectivity index (χ4n) is 2.81. The number of nitrogens with one attached hydrogen (secondary N) is 1. The minimum atomic E-state index is -4.99. The van der Waals surface area contributed by atoms with Crippen LogP contribution in [0.3, 0.4) is 0 Å². The number of amides is 1. The van der Waals surface area contributed by atoms with Gasteiger partial charge in [0.1, 0.15) is 10.5 Å². The summed E-state index contributed by atoms with van der Waals surface area (Å²) < 4.78 is 82.0. The second kappa shape index (κ2) is 7.15. The first-order chi connectivity index (χ1) is 14.5. The monoisotopic (exact) mass is 458 g/mol. The van der Waals surface area contributed by atoms with E-state index in [1.54, 1.807) is 18.2 Å². The Bertz CT molecular complexity index is 1210. The van der Waals surface area contributed by atoms with Gasteiger partial charge in [0.25, 0.3) is 5.91 Å². The van der Waals surface area contributed by atoms with Gasteiger partial charge < -0.3 is 18.8 Å². The molecule has 0 aliphatic carbocycles. The highest BCUT2D eigenvalue weighted by Crippen LogP contribution is 2.48. The zero-order chi connectivity index (χ0) is 22.6. The fraction of sp³-hybridized carbons (Fsp3) is 0.211. The summed E-state index contributed by atoms with van der Waals surface area (Å²) in [5, 5.41) is 0.609. The molecule has 2 heterocycles. The zero-order valence-electron chi connectivity index (χ0n) is 16.0. The van der Waals surface area contributed by atoms with Gasteiger partial charge in [-0.2, -0.15) is 17.6 Å². The van der Waals surface area contributed by atoms with Gasteiger partial charge >= 0.3 is 12.2 Å². The van der Waals surface area contributed by atoms with E-state index in [2.05, 4.69) is 14.2 Å². The average molecular weight is 458 g/mol. The molecular formula is C19H14F4N2O5S. The molecule has 3 aromatic rings. The van der Waals surface area contributed by atoms with E-state index < -0.39 is 45.5 Å². The van der Waals surface area contributed by atoms with Gasteiger partial charge in [0.15, 0.2) is 28.2 Å². The van der Waals surface area contributed by atoms with Crippen molar-refractivity contribution >= 4 is 33.5 Å². The van der Waals surface area contributed by atoms with E-state index in [-0.39, 0.29) is 5.76 Å². The van der Waals surface area contributed by atoms with Gasteiger partial charge in [-0.1, -0.05) is 6.07 Å². The van der Waals surface area contributed by atoms with Gasteiger partial charge in [-0.05, 0) is 30.3 Å². The number of para-hydroxylation sites is 1. The number of carbonyl (C=O) groups is 1. The Kier molecular flexibility index (Phi) is 4.84. The first-order valence-electron chi connectivity index (χ1n) is 8.69. The minimum Gasteiger partial charge on any atom is -0.451 e. The Hall–Kier alpha value is -3.28. The Morgan fingerprint density at radius 2 is 1.74 bits per heavy atom. The third-order valence-corrected chi connectivity index (χ3v) is 5.47. The maximum absolute atomic E-state index is 13.5. The maximum Gasteiger partial charge on any atom is 0.507 e. The number of hydrogen-bond acceptors (Lipinski definition) is 6. The van der Waals surface area contributed by atoms with Crippen LogP contribution in [0, 0.1) is 0 Å². The highest BCUT2D eigenvalue weighted by molar-refractivity contribution is 7.83. The van der Waals surface area contributed by atoms with Crippen molar-refractivity contribution < 1.29 is 40.5 Å². The number of rotatable bonds is 4. The third kappa shape index (κ3) is 3.67. The summed E-state index contributed by atoms with van der Waals surface area (Å²) in [6.45, 7) is 0. The van der Waals surface area contributed by atoms with E-state index in [4.69, 9.17) is 4.42 Å². The SMILES string of the molecule is CN(C)c1ccc2cc(C(=O)NS(=O)c3cccc4c3OC(F)(F)C(F)(F)O4)oc2c1. The molecule has 31 heavy (non-hydrogen) atoms. The molecule has 1 aliphatic heterocycles. The van der Waals surface area contributed by atoms with E-state index >= 15 is 0 Å². The summed E-state index contributed by atoms with van der Waals surface area (Å²) in [4.78, 5) is 13.8. The van der Waals surface area contributed by atoms with Crippen LogP contribution in [0.1, 0.15) is 10.6 Å². The molecule has 1 amide bonds. The normalized spacial score (nSPS) is 17.2. The Labute approximate surface area is 175 Å². The van der Waals surface area contributed by atoms with Gasteiger partial charge in [-0.3, -0.25) is 9.52 Å². The molecule has 0 saturated carbocycles. The van der Waals surface area contributed by atoms with Gasteiger partial charge in [0.2, 0.25) is 0 Å². The van der Waals surface area contributed by atoms with Gasteiger partial charge in [0, 0.05) is 31.2 Å². The number of fused-ring (bicyclic) bond motifs is 2. The zero-order valence-corrected chi connectivity index (χ0v) is 16.8. The van der Waals surface area contributed by atoms with E-state index in [0.29, 0.717) is 11.0 Å². The molecule has 0 fully saturated rings. The standard InChI is InChI=1S/C19H14F4N2O5S/c1-25(2)11-7-6-10-8-14(28-13(10)9-11)17(26)24-31(27)15-5-3-4-12-16(15)30-19(22,23)18(20,21)29-12/h3-9H,1-2H3,(H,24,26). The second-order valence-corrected chi connectivity index (χ2v) is 7.93. The van der Waals surface area contributed by atoms with Crippen molar-refractivity contribution in [2.24, 2.45) is 0 Å². The van der Waals surface area contributed by atoms with Crippen LogP contribution in [0.2, 0.25) is 0 Å². The molecule has 0 radical (unpaired) electrons. The van der Waals surface area contributed by atoms with Crippen LogP contribution >= 0.6 is 0 Å². The second-order valence-electron chi connectivity index (χ2n) is 6.75. The summed E-state index contributed by atoms with van der Waals surface area (Å²) in [6.07, 6.45) is -9.91. The van der Waals surface area contributed by atoms with Crippen LogP contribution in [-0.2, 0) is 11.0 Å². The van der Waals surface area contributed by atoms with Crippen LogP contribution in [0.4, 0.5) is 23.2 Å². The molecule has 1 unspecified atom stereocenters. The summed E-state index contributed by atoms with van der Waals surface area (Å²) in [5.74, 6) is -2.70. The van der Waals surface area contributed by atoms with E-state index in [1.807, 2.05) is 19.0 Å². The number of anilines is 1. The summed E-state index contributed by atoms with van der Waals surface area (Å²) in [7, 11) is 1.21. The number of carbonyl (C=O) groups excluding carboxylic acids is 1. The smallest absolute Gasteiger partial charge is 0.451 e. The molecular weight excluding hydrogens is 444 g/mol. The maximum atomic E-state index is 13.5. The molecule has 0 spiro atoms. The van der Waals surface area contributed by atoms with Crippen molar-refractivity contribution in [1.82, 2.24) is 4.72 Å². The topological polar surface area (TPSA) is 81.0 Å². The Morgan fingerprint density at radius 1 is 1.03 bits per heavy atom. The molecule has 2 aromatic carbocycles. The number of furan rings is 1. The lowest BCUT2D eigenvalue weighted by Gasteiger charge is -2.32. The summed E-state index contributed by atoms with van der Waals surface area (Å²) >= 11 is 0. The van der Waals surface area contributed by atoms with E-state index in [9.17, 15) is 26.6 Å². The van der Waals surface area contributed by atoms with Crippen molar-refractivity contribution in [3.8, 4) is 11.5 Å². The van der Waals surface area contributed by atoms with Crippen LogP contribution in [0.5, 0.6) is 11.5 Å². The lowest BCUT2D eigenvalue weighted by atomic mass is 10.2. The minimum absolute atomic E-state index is 0.182. The van der Waals surface area contributed by atoms with E-state index in [0.717, 1.165) is 23.9 Å². The van der Waals surface area contributed by atoms with Gasteiger partial charge in [0.05, 0.1) is 0 Å². The predicted octanol–water partition coefficient (Wildman–Crippen LogP) is 3.91. The lowest BCUT2D eigenvalue weighted by molar-refractivity contribution is -0.392. The Morgan fingerprint density at radius 3 is 2.45 bits per heavy atom. The van der Waals surface area contributed by atoms with Crippen LogP contribution in [0.15, 0.2) is 51.8 Å². The average Bonchev–Trinajstić information content (AvgIpc) is 3.11. The summed E-state index contributed by atoms with van der Waals surface area (Å²) in [6, 6.07) is 9.80. The first-order valence-corrected chi connectivity index (χ1v) is 9.84. The summed E-state index contributed by atoms with van der Waals surface area (Å²) in [5.41, 5.74) is 1.22. The molecule has 12 heteroatoms. The number of benzene rings is 2. The lowest BCUT2D eigenvalue weighted by Crippen LogP contribution is -2.52. The third-order valence-electron chi connectivity index (χ3n) is 4.38. The Balaban J connectivity index is 1.60. The molecule has 0 saturated heterocycles. The molecule has 1 aliphatic rings. The van der Waals surface area contributed by atoms with Crippen LogP contribution in [-0.4, -0.2) is 36.4 Å². The van der Waals surface area contributed by atoms with Crippen molar-refractivity contribution in [3.63, 3.8) is 0 Å². The van der Waals surface area contributed by atoms with Gasteiger partial charge in [-0.25, -0.2) is 4.21 Å². The van der Waals surface area contributed by atoms with Crippen molar-refractivity contribution in [1.29, 1.82) is 0 Å². The molecule has 1 N–H and O–H groups in total. The number of halogens is 4. The highest BCUT2D eigenvalue weighted by atomic mass is 32.2.